The molecule has 0 aliphatic heterocycles. The van der Waals surface area contributed by atoms with E-state index >= 15 is 0 Å². The van der Waals surface area contributed by atoms with Gasteiger partial charge in [0, 0.05) is 19.4 Å². The molecule has 1 aromatic carbocycles. The van der Waals surface area contributed by atoms with E-state index < -0.39 is 6.09 Å². The lowest BCUT2D eigenvalue weighted by molar-refractivity contribution is -0.116. The Labute approximate surface area is 163 Å². The molecule has 146 valence electrons. The summed E-state index contributed by atoms with van der Waals surface area (Å²) in [6.45, 7) is 2.76. The van der Waals surface area contributed by atoms with Gasteiger partial charge in [0.05, 0.1) is 0 Å². The molecule has 0 unspecified atom stereocenters. The summed E-state index contributed by atoms with van der Waals surface area (Å²) in [4.78, 5) is 23.5. The average molecular weight is 391 g/mol. The van der Waals surface area contributed by atoms with Crippen molar-refractivity contribution >= 4 is 28.5 Å². The van der Waals surface area contributed by atoms with E-state index in [2.05, 4.69) is 27.8 Å². The first-order valence-electron chi connectivity index (χ1n) is 9.24. The van der Waals surface area contributed by atoms with Crippen LogP contribution in [0.3, 0.4) is 0 Å². The Hall–Kier alpha value is -2.48. The summed E-state index contributed by atoms with van der Waals surface area (Å²) in [5, 5.41) is 14.9. The van der Waals surface area contributed by atoms with Gasteiger partial charge in [-0.05, 0) is 18.4 Å². The number of unbranched alkanes of at least 4 members (excludes halogenated alkanes) is 2. The van der Waals surface area contributed by atoms with Crippen molar-refractivity contribution < 1.29 is 14.3 Å². The maximum atomic E-state index is 11.9. The van der Waals surface area contributed by atoms with Crippen LogP contribution in [0.15, 0.2) is 30.3 Å². The van der Waals surface area contributed by atoms with Crippen molar-refractivity contribution in [1.82, 2.24) is 15.5 Å². The molecule has 0 bridgehead atoms. The number of hydrogen-bond donors (Lipinski definition) is 2. The molecule has 0 saturated carbocycles. The number of aryl methyl sites for hydroxylation is 1. The topological polar surface area (TPSA) is 93.2 Å². The molecule has 0 atom stereocenters. The van der Waals surface area contributed by atoms with Crippen LogP contribution in [0, 0.1) is 0 Å². The Balaban J connectivity index is 1.56. The van der Waals surface area contributed by atoms with Gasteiger partial charge in [-0.1, -0.05) is 61.4 Å². The second-order valence-corrected chi connectivity index (χ2v) is 7.16. The highest BCUT2D eigenvalue weighted by Crippen LogP contribution is 2.17. The highest BCUT2D eigenvalue weighted by atomic mass is 32.1. The van der Waals surface area contributed by atoms with E-state index in [4.69, 9.17) is 4.74 Å². The van der Waals surface area contributed by atoms with Crippen molar-refractivity contribution in [2.24, 2.45) is 0 Å². The molecule has 0 saturated heterocycles. The summed E-state index contributed by atoms with van der Waals surface area (Å²) in [6, 6.07) is 9.47. The standard InChI is InChI=1S/C19H26N4O3S/c1-2-3-5-12-17-22-23-18(27-17)21-16(24)11-8-13-20-19(25)26-14-15-9-6-4-7-10-15/h4,6-7,9-10H,2-3,5,8,11-14H2,1H3,(H,20,25)(H,21,23,24). The van der Waals surface area contributed by atoms with Crippen molar-refractivity contribution in [2.75, 3.05) is 11.9 Å². The number of nitrogens with zero attached hydrogens (tertiary/aromatic N) is 2. The van der Waals surface area contributed by atoms with E-state index in [0.29, 0.717) is 24.5 Å². The number of alkyl carbamates (subject to hydrolysis) is 1. The van der Waals surface area contributed by atoms with E-state index in [1.165, 1.54) is 17.8 Å². The van der Waals surface area contributed by atoms with Gasteiger partial charge in [0.2, 0.25) is 11.0 Å². The normalized spacial score (nSPS) is 10.4. The molecule has 0 aliphatic rings. The Morgan fingerprint density at radius 2 is 1.93 bits per heavy atom. The van der Waals surface area contributed by atoms with Crippen LogP contribution in [-0.2, 0) is 22.6 Å². The van der Waals surface area contributed by atoms with Crippen LogP contribution in [0.4, 0.5) is 9.93 Å². The third kappa shape index (κ3) is 8.63. The second kappa shape index (κ2) is 12.0. The number of nitrogens with one attached hydrogen (secondary N) is 2. The molecule has 1 heterocycles. The molecule has 8 heteroatoms. The van der Waals surface area contributed by atoms with E-state index in [0.717, 1.165) is 29.8 Å². The number of aromatic nitrogens is 2. The Kier molecular flexibility index (Phi) is 9.26. The summed E-state index contributed by atoms with van der Waals surface area (Å²) in [6.07, 6.45) is 4.65. The van der Waals surface area contributed by atoms with Crippen molar-refractivity contribution in [3.8, 4) is 0 Å². The minimum atomic E-state index is -0.486. The lowest BCUT2D eigenvalue weighted by Crippen LogP contribution is -2.26. The summed E-state index contributed by atoms with van der Waals surface area (Å²) < 4.78 is 5.11. The lowest BCUT2D eigenvalue weighted by Gasteiger charge is -2.07. The van der Waals surface area contributed by atoms with Gasteiger partial charge < -0.3 is 15.4 Å². The lowest BCUT2D eigenvalue weighted by atomic mass is 10.2. The SMILES string of the molecule is CCCCCc1nnc(NC(=O)CCCNC(=O)OCc2ccccc2)s1. The van der Waals surface area contributed by atoms with Crippen molar-refractivity contribution in [3.63, 3.8) is 0 Å². The fourth-order valence-corrected chi connectivity index (χ4v) is 3.12. The van der Waals surface area contributed by atoms with Crippen LogP contribution in [0.5, 0.6) is 0 Å². The highest BCUT2D eigenvalue weighted by Gasteiger charge is 2.09. The first-order chi connectivity index (χ1) is 13.2. The molecule has 0 fully saturated rings. The number of anilines is 1. The van der Waals surface area contributed by atoms with Gasteiger partial charge >= 0.3 is 6.09 Å². The molecule has 2 aromatic rings. The zero-order valence-electron chi connectivity index (χ0n) is 15.6. The van der Waals surface area contributed by atoms with Crippen LogP contribution < -0.4 is 10.6 Å². The molecular weight excluding hydrogens is 364 g/mol. The van der Waals surface area contributed by atoms with Crippen LogP contribution >= 0.6 is 11.3 Å². The first kappa shape index (κ1) is 20.8. The average Bonchev–Trinajstić information content (AvgIpc) is 3.12. The van der Waals surface area contributed by atoms with Gasteiger partial charge in [0.15, 0.2) is 0 Å². The van der Waals surface area contributed by atoms with Gasteiger partial charge in [0.1, 0.15) is 11.6 Å². The molecule has 0 aliphatic carbocycles. The molecule has 27 heavy (non-hydrogen) atoms. The van der Waals surface area contributed by atoms with E-state index in [-0.39, 0.29) is 12.5 Å². The number of carbonyl (C=O) groups is 2. The van der Waals surface area contributed by atoms with Gasteiger partial charge in [-0.2, -0.15) is 0 Å². The Morgan fingerprint density at radius 3 is 2.70 bits per heavy atom. The predicted molar refractivity (Wildman–Crippen MR) is 106 cm³/mol. The largest absolute Gasteiger partial charge is 0.445 e. The zero-order chi connectivity index (χ0) is 19.3. The number of hydrogen-bond acceptors (Lipinski definition) is 6. The zero-order valence-corrected chi connectivity index (χ0v) is 16.4. The molecule has 1 aromatic heterocycles. The number of ether oxygens (including phenoxy) is 1. The smallest absolute Gasteiger partial charge is 0.407 e. The molecule has 0 spiro atoms. The van der Waals surface area contributed by atoms with E-state index in [1.807, 2.05) is 30.3 Å². The van der Waals surface area contributed by atoms with Crippen LogP contribution in [0.1, 0.15) is 49.6 Å². The second-order valence-electron chi connectivity index (χ2n) is 6.10. The van der Waals surface area contributed by atoms with Crippen LogP contribution in [0.25, 0.3) is 0 Å². The molecule has 2 N–H and O–H groups in total. The molecular formula is C19H26N4O3S. The van der Waals surface area contributed by atoms with Crippen LogP contribution in [-0.4, -0.2) is 28.7 Å². The van der Waals surface area contributed by atoms with Crippen molar-refractivity contribution in [1.29, 1.82) is 0 Å². The van der Waals surface area contributed by atoms with E-state index in [1.54, 1.807) is 0 Å². The number of benzene rings is 1. The minimum absolute atomic E-state index is 0.134. The van der Waals surface area contributed by atoms with Crippen molar-refractivity contribution in [3.05, 3.63) is 40.9 Å². The Bertz CT molecular complexity index is 706. The maximum Gasteiger partial charge on any atom is 0.407 e. The first-order valence-corrected chi connectivity index (χ1v) is 10.1. The molecule has 7 nitrogen and oxygen atoms in total. The summed E-state index contributed by atoms with van der Waals surface area (Å²) in [7, 11) is 0. The quantitative estimate of drug-likeness (QED) is 0.567. The third-order valence-corrected chi connectivity index (χ3v) is 4.67. The number of rotatable bonds is 11. The summed E-state index contributed by atoms with van der Waals surface area (Å²) in [5.41, 5.74) is 0.929. The fraction of sp³-hybridized carbons (Fsp3) is 0.474. The monoisotopic (exact) mass is 390 g/mol. The van der Waals surface area contributed by atoms with E-state index in [9.17, 15) is 9.59 Å². The number of carbonyl (C=O) groups excluding carboxylic acids is 2. The number of amides is 2. The maximum absolute atomic E-state index is 11.9. The summed E-state index contributed by atoms with van der Waals surface area (Å²) >= 11 is 1.42. The summed E-state index contributed by atoms with van der Waals surface area (Å²) in [5.74, 6) is -0.134. The molecule has 2 amide bonds. The molecule has 0 radical (unpaired) electrons. The highest BCUT2D eigenvalue weighted by molar-refractivity contribution is 7.15. The molecule has 2 rings (SSSR count). The predicted octanol–water partition coefficient (Wildman–Crippen LogP) is 3.92. The van der Waals surface area contributed by atoms with Crippen molar-refractivity contribution in [2.45, 2.75) is 52.1 Å². The third-order valence-electron chi connectivity index (χ3n) is 3.77. The van der Waals surface area contributed by atoms with Gasteiger partial charge in [-0.3, -0.25) is 4.79 Å². The Morgan fingerprint density at radius 1 is 1.11 bits per heavy atom. The minimum Gasteiger partial charge on any atom is -0.445 e. The van der Waals surface area contributed by atoms with Gasteiger partial charge in [-0.15, -0.1) is 10.2 Å². The fourth-order valence-electron chi connectivity index (χ4n) is 2.33. The van der Waals surface area contributed by atoms with Crippen LogP contribution in [0.2, 0.25) is 0 Å². The van der Waals surface area contributed by atoms with Gasteiger partial charge in [0.25, 0.3) is 0 Å². The van der Waals surface area contributed by atoms with Gasteiger partial charge in [-0.25, -0.2) is 4.79 Å².